The Morgan fingerprint density at radius 1 is 1.56 bits per heavy atom. The molecule has 3 N–H and O–H groups in total. The predicted molar refractivity (Wildman–Crippen MR) is 95.8 cm³/mol. The standard InChI is InChI=1S/C15H25N4O7P/c1-9-7-11(26-13(9)19-6-5-12(16)17-15(19)21)8-25-27(22,24-4)18-10(2)14(20)23-3/h5-6,9-11,13H,7-8H2,1-4H3,(H,18,22)(H2,16,17,21). The van der Waals surface area contributed by atoms with Crippen LogP contribution in [0.15, 0.2) is 17.1 Å². The molecular weight excluding hydrogens is 379 g/mol. The summed E-state index contributed by atoms with van der Waals surface area (Å²) in [5.74, 6) is -0.476. The summed E-state index contributed by atoms with van der Waals surface area (Å²) in [7, 11) is -1.30. The maximum atomic E-state index is 12.6. The van der Waals surface area contributed by atoms with Crippen LogP contribution in [0.1, 0.15) is 26.5 Å². The van der Waals surface area contributed by atoms with Gasteiger partial charge in [0.1, 0.15) is 18.1 Å². The summed E-state index contributed by atoms with van der Waals surface area (Å²) in [6.07, 6.45) is 1.13. The molecule has 1 aromatic rings. The van der Waals surface area contributed by atoms with Gasteiger partial charge in [-0.15, -0.1) is 0 Å². The number of nitrogens with zero attached hydrogens (tertiary/aromatic N) is 2. The second kappa shape index (κ2) is 8.94. The number of nitrogens with one attached hydrogen (secondary N) is 1. The number of carbonyl (C=O) groups is 1. The molecule has 2 heterocycles. The van der Waals surface area contributed by atoms with Crippen LogP contribution in [0.3, 0.4) is 0 Å². The van der Waals surface area contributed by atoms with Crippen LogP contribution in [0.5, 0.6) is 0 Å². The molecule has 0 aromatic carbocycles. The molecule has 0 saturated carbocycles. The molecule has 11 nitrogen and oxygen atoms in total. The summed E-state index contributed by atoms with van der Waals surface area (Å²) >= 11 is 0. The van der Waals surface area contributed by atoms with E-state index in [0.29, 0.717) is 6.42 Å². The molecule has 152 valence electrons. The Bertz CT molecular complexity index is 771. The Morgan fingerprint density at radius 2 is 2.26 bits per heavy atom. The number of hydrogen-bond acceptors (Lipinski definition) is 9. The Kier molecular flexibility index (Phi) is 7.12. The minimum absolute atomic E-state index is 0.00870. The topological polar surface area (TPSA) is 144 Å². The zero-order chi connectivity index (χ0) is 20.2. The van der Waals surface area contributed by atoms with Crippen LogP contribution < -0.4 is 16.5 Å². The first-order chi connectivity index (χ1) is 12.7. The van der Waals surface area contributed by atoms with Crippen molar-refractivity contribution >= 4 is 19.5 Å². The molecule has 5 unspecified atom stereocenters. The van der Waals surface area contributed by atoms with Crippen molar-refractivity contribution in [1.29, 1.82) is 0 Å². The lowest BCUT2D eigenvalue weighted by atomic mass is 10.1. The number of aromatic nitrogens is 2. The zero-order valence-electron chi connectivity index (χ0n) is 15.7. The zero-order valence-corrected chi connectivity index (χ0v) is 16.5. The van der Waals surface area contributed by atoms with Gasteiger partial charge in [0.05, 0.1) is 19.8 Å². The first-order valence-electron chi connectivity index (χ1n) is 8.35. The average Bonchev–Trinajstić information content (AvgIpc) is 3.00. The monoisotopic (exact) mass is 404 g/mol. The molecular formula is C15H25N4O7P. The summed E-state index contributed by atoms with van der Waals surface area (Å²) in [4.78, 5) is 27.2. The lowest BCUT2D eigenvalue weighted by Crippen LogP contribution is -2.34. The number of esters is 1. The van der Waals surface area contributed by atoms with Crippen molar-refractivity contribution in [3.8, 4) is 0 Å². The van der Waals surface area contributed by atoms with Crippen LogP contribution in [0.25, 0.3) is 0 Å². The Balaban J connectivity index is 1.99. The molecule has 2 rings (SSSR count). The van der Waals surface area contributed by atoms with Crippen molar-refractivity contribution in [3.05, 3.63) is 22.7 Å². The fourth-order valence-electron chi connectivity index (χ4n) is 2.78. The van der Waals surface area contributed by atoms with Gasteiger partial charge in [-0.3, -0.25) is 13.9 Å². The number of anilines is 1. The van der Waals surface area contributed by atoms with E-state index in [4.69, 9.17) is 19.5 Å². The van der Waals surface area contributed by atoms with E-state index in [2.05, 4.69) is 14.8 Å². The maximum Gasteiger partial charge on any atom is 0.406 e. The number of methoxy groups -OCH3 is 1. The van der Waals surface area contributed by atoms with Crippen molar-refractivity contribution in [2.24, 2.45) is 5.92 Å². The van der Waals surface area contributed by atoms with Crippen LogP contribution in [-0.4, -0.2) is 48.5 Å². The van der Waals surface area contributed by atoms with Gasteiger partial charge < -0.3 is 19.7 Å². The summed E-state index contributed by atoms with van der Waals surface area (Å²) in [6, 6.07) is 0.634. The molecule has 5 atom stereocenters. The van der Waals surface area contributed by atoms with Crippen molar-refractivity contribution in [2.45, 2.75) is 38.6 Å². The van der Waals surface area contributed by atoms with E-state index in [1.807, 2.05) is 6.92 Å². The second-order valence-electron chi connectivity index (χ2n) is 6.25. The molecule has 1 aliphatic rings. The fourth-order valence-corrected chi connectivity index (χ4v) is 4.00. The number of carbonyl (C=O) groups excluding carboxylic acids is 1. The van der Waals surface area contributed by atoms with Gasteiger partial charge >= 0.3 is 19.4 Å². The molecule has 1 aliphatic heterocycles. The summed E-state index contributed by atoms with van der Waals surface area (Å²) in [5, 5.41) is 2.49. The van der Waals surface area contributed by atoms with E-state index < -0.39 is 37.8 Å². The maximum absolute atomic E-state index is 12.6. The van der Waals surface area contributed by atoms with Crippen molar-refractivity contribution in [1.82, 2.24) is 14.6 Å². The minimum atomic E-state index is -3.73. The molecule has 0 amide bonds. The third-order valence-electron chi connectivity index (χ3n) is 4.16. The van der Waals surface area contributed by atoms with Crippen LogP contribution in [-0.2, 0) is 27.9 Å². The normalized spacial score (nSPS) is 25.7. The summed E-state index contributed by atoms with van der Waals surface area (Å²) in [5.41, 5.74) is 4.99. The molecule has 27 heavy (non-hydrogen) atoms. The van der Waals surface area contributed by atoms with Gasteiger partial charge in [-0.2, -0.15) is 4.98 Å². The minimum Gasteiger partial charge on any atom is -0.468 e. The Hall–Kier alpha value is -1.78. The highest BCUT2D eigenvalue weighted by molar-refractivity contribution is 7.51. The molecule has 1 saturated heterocycles. The van der Waals surface area contributed by atoms with Crippen molar-refractivity contribution in [2.75, 3.05) is 26.6 Å². The molecule has 12 heteroatoms. The van der Waals surface area contributed by atoms with Gasteiger partial charge in [0.25, 0.3) is 0 Å². The number of ether oxygens (including phenoxy) is 2. The highest BCUT2D eigenvalue weighted by Gasteiger charge is 2.37. The smallest absolute Gasteiger partial charge is 0.406 e. The van der Waals surface area contributed by atoms with Crippen LogP contribution >= 0.6 is 7.75 Å². The van der Waals surface area contributed by atoms with Gasteiger partial charge in [-0.05, 0) is 19.4 Å². The average molecular weight is 404 g/mol. The van der Waals surface area contributed by atoms with E-state index in [1.54, 1.807) is 0 Å². The Labute approximate surface area is 156 Å². The number of nitrogen functional groups attached to an aromatic ring is 1. The fraction of sp³-hybridized carbons (Fsp3) is 0.667. The third-order valence-corrected chi connectivity index (χ3v) is 5.83. The van der Waals surface area contributed by atoms with E-state index in [-0.39, 0.29) is 18.3 Å². The van der Waals surface area contributed by atoms with Gasteiger partial charge in [0.2, 0.25) is 0 Å². The highest BCUT2D eigenvalue weighted by Crippen LogP contribution is 2.44. The predicted octanol–water partition coefficient (Wildman–Crippen LogP) is 0.671. The van der Waals surface area contributed by atoms with E-state index >= 15 is 0 Å². The number of hydrogen-bond donors (Lipinski definition) is 2. The first kappa shape index (κ1) is 21.5. The van der Waals surface area contributed by atoms with E-state index in [0.717, 1.165) is 0 Å². The van der Waals surface area contributed by atoms with E-state index in [9.17, 15) is 14.2 Å². The molecule has 1 aromatic heterocycles. The van der Waals surface area contributed by atoms with Gasteiger partial charge in [-0.25, -0.2) is 14.4 Å². The molecule has 0 aliphatic carbocycles. The SMILES string of the molecule is COC(=O)C(C)NP(=O)(OC)OCC1CC(C)C(n2ccc(N)nc2=O)O1. The first-order valence-corrected chi connectivity index (χ1v) is 9.89. The molecule has 0 spiro atoms. The van der Waals surface area contributed by atoms with Crippen LogP contribution in [0, 0.1) is 5.92 Å². The van der Waals surface area contributed by atoms with Crippen molar-refractivity contribution < 1.29 is 27.9 Å². The lowest BCUT2D eigenvalue weighted by molar-refractivity contribution is -0.142. The van der Waals surface area contributed by atoms with Gasteiger partial charge in [0, 0.05) is 19.2 Å². The van der Waals surface area contributed by atoms with Crippen LogP contribution in [0.4, 0.5) is 5.82 Å². The third kappa shape index (κ3) is 5.36. The lowest BCUT2D eigenvalue weighted by Gasteiger charge is -2.22. The quantitative estimate of drug-likeness (QED) is 0.468. The molecule has 0 bridgehead atoms. The number of nitrogens with two attached hydrogens (primary N) is 1. The summed E-state index contributed by atoms with van der Waals surface area (Å²) < 4.78 is 34.7. The molecule has 0 radical (unpaired) electrons. The second-order valence-corrected chi connectivity index (χ2v) is 8.13. The van der Waals surface area contributed by atoms with Gasteiger partial charge in [0.15, 0.2) is 0 Å². The number of rotatable bonds is 8. The van der Waals surface area contributed by atoms with E-state index in [1.165, 1.54) is 38.0 Å². The molecule has 1 fully saturated rings. The largest absolute Gasteiger partial charge is 0.468 e. The van der Waals surface area contributed by atoms with Gasteiger partial charge in [-0.1, -0.05) is 6.92 Å². The highest BCUT2D eigenvalue weighted by atomic mass is 31.2. The summed E-state index contributed by atoms with van der Waals surface area (Å²) in [6.45, 7) is 3.34. The Morgan fingerprint density at radius 3 is 2.85 bits per heavy atom. The van der Waals surface area contributed by atoms with Crippen molar-refractivity contribution in [3.63, 3.8) is 0 Å². The van der Waals surface area contributed by atoms with Crippen LogP contribution in [0.2, 0.25) is 0 Å².